The van der Waals surface area contributed by atoms with E-state index < -0.39 is 44.3 Å². The van der Waals surface area contributed by atoms with Crippen LogP contribution in [0, 0.1) is 12.8 Å². The van der Waals surface area contributed by atoms with E-state index in [1.165, 1.54) is 38.1 Å². The highest BCUT2D eigenvalue weighted by Gasteiger charge is 2.56. The Morgan fingerprint density at radius 1 is 1.11 bits per heavy atom. The van der Waals surface area contributed by atoms with Crippen molar-refractivity contribution in [3.63, 3.8) is 0 Å². The Morgan fingerprint density at radius 3 is 2.55 bits per heavy atom. The first kappa shape index (κ1) is 29.8. The molecule has 2 bridgehead atoms. The lowest BCUT2D eigenvalue weighted by molar-refractivity contribution is -0.123. The molecular formula is C31H33N3O9S. The van der Waals surface area contributed by atoms with Crippen molar-refractivity contribution in [2.45, 2.75) is 52.0 Å². The molecule has 44 heavy (non-hydrogen) atoms. The summed E-state index contributed by atoms with van der Waals surface area (Å²) >= 11 is 0. The summed E-state index contributed by atoms with van der Waals surface area (Å²) < 4.78 is 35.7. The summed E-state index contributed by atoms with van der Waals surface area (Å²) in [4.78, 5) is 51.8. The Morgan fingerprint density at radius 2 is 1.84 bits per heavy atom. The van der Waals surface area contributed by atoms with Crippen molar-refractivity contribution < 1.29 is 37.8 Å². The summed E-state index contributed by atoms with van der Waals surface area (Å²) in [6.45, 7) is 6.55. The predicted molar refractivity (Wildman–Crippen MR) is 158 cm³/mol. The van der Waals surface area contributed by atoms with Crippen LogP contribution in [0.5, 0.6) is 17.2 Å². The molecule has 1 aliphatic carbocycles. The third-order valence-electron chi connectivity index (χ3n) is 9.35. The summed E-state index contributed by atoms with van der Waals surface area (Å²) in [7, 11) is -3.71. The zero-order valence-corrected chi connectivity index (χ0v) is 25.6. The summed E-state index contributed by atoms with van der Waals surface area (Å²) in [5, 5.41) is 24.4. The average Bonchev–Trinajstić information content (AvgIpc) is 3.24. The number of nitrogens with one attached hydrogen (secondary N) is 1. The van der Waals surface area contributed by atoms with Gasteiger partial charge in [0, 0.05) is 61.2 Å². The van der Waals surface area contributed by atoms with Gasteiger partial charge in [-0.25, -0.2) is 12.7 Å². The maximum atomic E-state index is 14.0. The number of carbonyl (C=O) groups excluding carboxylic acids is 3. The highest BCUT2D eigenvalue weighted by molar-refractivity contribution is 7.89. The van der Waals surface area contributed by atoms with Gasteiger partial charge in [0.25, 0.3) is 5.56 Å². The number of piperidine rings is 1. The van der Waals surface area contributed by atoms with Crippen LogP contribution in [0.2, 0.25) is 0 Å². The lowest BCUT2D eigenvalue weighted by Crippen LogP contribution is -2.50. The molecule has 3 atom stereocenters. The van der Waals surface area contributed by atoms with E-state index >= 15 is 0 Å². The van der Waals surface area contributed by atoms with Crippen LogP contribution in [0.1, 0.15) is 60.3 Å². The second-order valence-electron chi connectivity index (χ2n) is 12.1. The number of Topliss-reactive ketones (excluding diaryl/α,β-unsaturated/α-hetero) is 2. The quantitative estimate of drug-likeness (QED) is 0.245. The van der Waals surface area contributed by atoms with Crippen molar-refractivity contribution in [2.75, 3.05) is 25.4 Å². The van der Waals surface area contributed by atoms with Gasteiger partial charge in [0.2, 0.25) is 10.0 Å². The van der Waals surface area contributed by atoms with Gasteiger partial charge in [-0.3, -0.25) is 19.2 Å². The van der Waals surface area contributed by atoms with Crippen molar-refractivity contribution in [1.82, 2.24) is 14.2 Å². The molecule has 0 radical (unpaired) electrons. The maximum Gasteiger partial charge on any atom is 0.250 e. The second-order valence-corrected chi connectivity index (χ2v) is 14.2. The van der Waals surface area contributed by atoms with E-state index in [1.807, 2.05) is 6.07 Å². The highest BCUT2D eigenvalue weighted by atomic mass is 32.2. The number of aromatic nitrogens is 1. The van der Waals surface area contributed by atoms with Gasteiger partial charge in [0.1, 0.15) is 34.0 Å². The summed E-state index contributed by atoms with van der Waals surface area (Å²) in [6.07, 6.45) is 1.93. The van der Waals surface area contributed by atoms with Crippen molar-refractivity contribution >= 4 is 27.4 Å². The number of fused-ring (bicyclic) bond motifs is 7. The summed E-state index contributed by atoms with van der Waals surface area (Å²) in [5.41, 5.74) is -1.20. The van der Waals surface area contributed by atoms with E-state index in [0.717, 1.165) is 18.2 Å². The van der Waals surface area contributed by atoms with Crippen LogP contribution < -0.4 is 15.6 Å². The van der Waals surface area contributed by atoms with Gasteiger partial charge in [0.05, 0.1) is 16.9 Å². The van der Waals surface area contributed by atoms with Crippen molar-refractivity contribution in [2.24, 2.45) is 5.92 Å². The van der Waals surface area contributed by atoms with Crippen LogP contribution in [0.15, 0.2) is 46.1 Å². The summed E-state index contributed by atoms with van der Waals surface area (Å²) in [6, 6.07) is 5.07. The van der Waals surface area contributed by atoms with Gasteiger partial charge in [-0.2, -0.15) is 0 Å². The van der Waals surface area contributed by atoms with E-state index in [-0.39, 0.29) is 75.7 Å². The number of pyridine rings is 1. The smallest absolute Gasteiger partial charge is 0.250 e. The van der Waals surface area contributed by atoms with Gasteiger partial charge in [-0.1, -0.05) is 6.07 Å². The fourth-order valence-corrected chi connectivity index (χ4v) is 8.49. The third kappa shape index (κ3) is 4.32. The molecule has 2 aromatic rings. The number of rotatable bonds is 6. The highest BCUT2D eigenvalue weighted by Crippen LogP contribution is 2.57. The van der Waals surface area contributed by atoms with Crippen molar-refractivity contribution in [3.05, 3.63) is 74.0 Å². The number of sulfonamides is 1. The lowest BCUT2D eigenvalue weighted by atomic mass is 9.70. The first-order valence-electron chi connectivity index (χ1n) is 14.4. The largest absolute Gasteiger partial charge is 0.507 e. The number of phenols is 2. The Kier molecular flexibility index (Phi) is 6.89. The van der Waals surface area contributed by atoms with Crippen LogP contribution >= 0.6 is 0 Å². The fraction of sp³-hybridized carbons (Fsp3) is 0.419. The fourth-order valence-electron chi connectivity index (χ4n) is 7.03. The van der Waals surface area contributed by atoms with Gasteiger partial charge in [-0.15, -0.1) is 0 Å². The molecule has 0 saturated carbocycles. The number of ketones is 3. The maximum absolute atomic E-state index is 14.0. The van der Waals surface area contributed by atoms with Crippen LogP contribution in [0.25, 0.3) is 0 Å². The zero-order chi connectivity index (χ0) is 31.9. The normalized spacial score (nSPS) is 25.4. The Balaban J connectivity index is 1.23. The molecule has 4 heterocycles. The van der Waals surface area contributed by atoms with Gasteiger partial charge >= 0.3 is 0 Å². The predicted octanol–water partition coefficient (Wildman–Crippen LogP) is 1.77. The minimum absolute atomic E-state index is 0.00675. The van der Waals surface area contributed by atoms with Crippen LogP contribution in [-0.2, 0) is 31.6 Å². The number of allylic oxidation sites excluding steroid dienone is 4. The first-order valence-corrected chi connectivity index (χ1v) is 16.0. The molecule has 3 aliphatic heterocycles. The molecule has 232 valence electrons. The molecule has 3 N–H and O–H groups in total. The average molecular weight is 624 g/mol. The van der Waals surface area contributed by atoms with E-state index in [1.54, 1.807) is 10.6 Å². The molecule has 12 nitrogen and oxygen atoms in total. The Labute approximate surface area is 253 Å². The molecule has 13 heteroatoms. The van der Waals surface area contributed by atoms with Crippen LogP contribution in [0.3, 0.4) is 0 Å². The molecular weight excluding hydrogens is 590 g/mol. The Hall–Kier alpha value is -4.23. The number of nitrogens with zero attached hydrogens (tertiary/aromatic N) is 2. The van der Waals surface area contributed by atoms with Gasteiger partial charge < -0.3 is 24.8 Å². The van der Waals surface area contributed by atoms with Crippen LogP contribution in [-0.4, -0.2) is 70.2 Å². The third-order valence-corrected chi connectivity index (χ3v) is 11.2. The second kappa shape index (κ2) is 10.2. The number of benzene rings is 1. The SMILES string of the molecule is CC(=O)c1c(O)c(C)c(O)c2c1OC1=CC(=O)C(=C(C)NCCS(=O)(=O)N3CC4CC(C3)c3cccc(=O)n3C4)C(=O)[C@@]12C. The first-order chi connectivity index (χ1) is 20.7. The lowest BCUT2D eigenvalue weighted by Gasteiger charge is -2.42. The molecule has 0 amide bonds. The number of phenolic OH excluding ortho intramolecular Hbond substituents is 2. The summed E-state index contributed by atoms with van der Waals surface area (Å²) in [5.74, 6) is -3.41. The molecule has 1 aromatic heterocycles. The molecule has 1 saturated heterocycles. The van der Waals surface area contributed by atoms with E-state index in [9.17, 15) is 37.8 Å². The topological polar surface area (TPSA) is 172 Å². The molecule has 0 spiro atoms. The minimum Gasteiger partial charge on any atom is -0.507 e. The number of ether oxygens (including phenoxy) is 1. The molecule has 1 fully saturated rings. The molecule has 2 unspecified atom stereocenters. The number of carbonyl (C=O) groups is 3. The van der Waals surface area contributed by atoms with E-state index in [0.29, 0.717) is 13.1 Å². The van der Waals surface area contributed by atoms with Crippen molar-refractivity contribution in [1.29, 1.82) is 0 Å². The number of aromatic hydroxyl groups is 2. The molecule has 4 aliphatic rings. The van der Waals surface area contributed by atoms with Crippen molar-refractivity contribution in [3.8, 4) is 17.2 Å². The van der Waals surface area contributed by atoms with Gasteiger partial charge in [-0.05, 0) is 46.1 Å². The van der Waals surface area contributed by atoms with E-state index in [2.05, 4.69) is 5.32 Å². The Bertz CT molecular complexity index is 1910. The van der Waals surface area contributed by atoms with E-state index in [4.69, 9.17) is 4.74 Å². The number of hydrogen-bond donors (Lipinski definition) is 3. The monoisotopic (exact) mass is 623 g/mol. The standard InChI is InChI=1S/C31H33N3O9S/c1-15-27(38)25(17(3)35)29-26(28(15)39)31(4)22(43-29)11-21(36)24(30(31)40)16(2)32-8-9-44(41,42)33-12-18-10-19(14-33)20-6-5-7-23(37)34(20)13-18/h5-7,11,18-19,32,38-39H,8-10,12-14H2,1-4H3/t18?,19?,31-/m0/s1. The zero-order valence-electron chi connectivity index (χ0n) is 24.8. The minimum atomic E-state index is -3.71. The van der Waals surface area contributed by atoms with Gasteiger partial charge in [0.15, 0.2) is 17.3 Å². The number of hydrogen-bond acceptors (Lipinski definition) is 10. The van der Waals surface area contributed by atoms with Crippen LogP contribution in [0.4, 0.5) is 0 Å². The molecule has 1 aromatic carbocycles. The molecule has 6 rings (SSSR count).